The zero-order chi connectivity index (χ0) is 24.6. The van der Waals surface area contributed by atoms with Crippen LogP contribution in [0, 0.1) is 0 Å². The molecule has 34 heavy (non-hydrogen) atoms. The molecule has 0 saturated heterocycles. The summed E-state index contributed by atoms with van der Waals surface area (Å²) in [5.74, 6) is -2.22. The Hall–Kier alpha value is -3.48. The lowest BCUT2D eigenvalue weighted by atomic mass is 9.88. The van der Waals surface area contributed by atoms with Crippen LogP contribution in [0.4, 0.5) is 0 Å². The average Bonchev–Trinajstić information content (AvgIpc) is 2.78. The summed E-state index contributed by atoms with van der Waals surface area (Å²) in [6.45, 7) is 4.05. The Balaban J connectivity index is 2.26. The van der Waals surface area contributed by atoms with Gasteiger partial charge in [-0.2, -0.15) is 0 Å². The molecule has 0 N–H and O–H groups in total. The van der Waals surface area contributed by atoms with Crippen LogP contribution in [0.3, 0.4) is 0 Å². The summed E-state index contributed by atoms with van der Waals surface area (Å²) >= 11 is 12.4. The molecule has 0 aromatic heterocycles. The molecule has 174 valence electrons. The van der Waals surface area contributed by atoms with E-state index in [0.717, 1.165) is 0 Å². The van der Waals surface area contributed by atoms with Crippen molar-refractivity contribution in [1.29, 1.82) is 0 Å². The van der Waals surface area contributed by atoms with E-state index in [0.29, 0.717) is 42.7 Å². The molecule has 0 saturated carbocycles. The Bertz CT molecular complexity index is 1350. The van der Waals surface area contributed by atoms with Crippen LogP contribution in [0.25, 0.3) is 32.7 Å². The second kappa shape index (κ2) is 9.41. The number of carbonyl (C=O) groups is 2. The molecule has 0 aliphatic rings. The van der Waals surface area contributed by atoms with E-state index >= 15 is 0 Å². The van der Waals surface area contributed by atoms with Crippen molar-refractivity contribution in [3.8, 4) is 22.6 Å². The van der Waals surface area contributed by atoms with Crippen molar-refractivity contribution in [1.82, 2.24) is 0 Å². The van der Waals surface area contributed by atoms with Crippen LogP contribution in [0.2, 0.25) is 10.0 Å². The van der Waals surface area contributed by atoms with Gasteiger partial charge in [0, 0.05) is 32.3 Å². The van der Waals surface area contributed by atoms with E-state index in [4.69, 9.17) is 32.7 Å². The fourth-order valence-electron chi connectivity index (χ4n) is 4.13. The van der Waals surface area contributed by atoms with Crippen molar-refractivity contribution in [2.45, 2.75) is 13.8 Å². The molecule has 0 radical (unpaired) electrons. The van der Waals surface area contributed by atoms with Gasteiger partial charge in [0.05, 0.1) is 25.2 Å². The SMILES string of the molecule is CCOc1cc(C(=O)[O-])c2cc(Cl)ccc2c1-c1c(OCC)cc(C(=O)[O-])c2cc(Cl)ccc12. The molecule has 4 rings (SSSR count). The standard InChI is InChI=1S/C26H20Cl2O6/c1-3-33-21-11-19(25(29)30)17-9-13(27)5-7-15(17)23(21)24-16-8-6-14(28)10-18(16)20(26(31)32)12-22(24)34-4-2/h5-12H,3-4H2,1-2H3,(H,29,30)(H,31,32)/p-2. The van der Waals surface area contributed by atoms with Crippen molar-refractivity contribution < 1.29 is 29.3 Å². The minimum Gasteiger partial charge on any atom is -0.545 e. The number of carboxylic acids is 2. The van der Waals surface area contributed by atoms with E-state index in [1.807, 2.05) is 0 Å². The first-order valence-electron chi connectivity index (χ1n) is 10.5. The highest BCUT2D eigenvalue weighted by atomic mass is 35.5. The van der Waals surface area contributed by atoms with Crippen molar-refractivity contribution in [2.75, 3.05) is 13.2 Å². The minimum absolute atomic E-state index is 0.0821. The van der Waals surface area contributed by atoms with Gasteiger partial charge in [-0.3, -0.25) is 0 Å². The first kappa shape index (κ1) is 23.7. The third-order valence-electron chi connectivity index (χ3n) is 5.42. The molecule has 0 unspecified atom stereocenters. The lowest BCUT2D eigenvalue weighted by Gasteiger charge is -2.22. The highest BCUT2D eigenvalue weighted by molar-refractivity contribution is 6.32. The maximum Gasteiger partial charge on any atom is 0.128 e. The molecule has 4 aromatic carbocycles. The van der Waals surface area contributed by atoms with Crippen LogP contribution < -0.4 is 19.7 Å². The van der Waals surface area contributed by atoms with E-state index < -0.39 is 11.9 Å². The van der Waals surface area contributed by atoms with Gasteiger partial charge in [0.15, 0.2) is 0 Å². The van der Waals surface area contributed by atoms with E-state index in [9.17, 15) is 19.8 Å². The van der Waals surface area contributed by atoms with Crippen molar-refractivity contribution in [2.24, 2.45) is 0 Å². The van der Waals surface area contributed by atoms with Gasteiger partial charge >= 0.3 is 0 Å². The number of carboxylic acid groups (broad SMARTS) is 2. The predicted octanol–water partition coefficient (Wildman–Crippen LogP) is 4.49. The summed E-state index contributed by atoms with van der Waals surface area (Å²) in [6.07, 6.45) is 0. The molecule has 4 aromatic rings. The van der Waals surface area contributed by atoms with Crippen LogP contribution in [-0.2, 0) is 0 Å². The quantitative estimate of drug-likeness (QED) is 0.373. The highest BCUT2D eigenvalue weighted by Gasteiger charge is 2.23. The molecule has 0 aliphatic carbocycles. The molecule has 0 fully saturated rings. The summed E-state index contributed by atoms with van der Waals surface area (Å²) in [5, 5.41) is 26.3. The van der Waals surface area contributed by atoms with Gasteiger partial charge in [-0.25, -0.2) is 0 Å². The smallest absolute Gasteiger partial charge is 0.128 e. The second-order valence-corrected chi connectivity index (χ2v) is 8.29. The minimum atomic E-state index is -1.38. The van der Waals surface area contributed by atoms with E-state index in [2.05, 4.69) is 0 Å². The molecule has 0 bridgehead atoms. The lowest BCUT2D eigenvalue weighted by molar-refractivity contribution is -0.256. The van der Waals surface area contributed by atoms with Gasteiger partial charge in [0.25, 0.3) is 0 Å². The lowest BCUT2D eigenvalue weighted by Crippen LogP contribution is -2.23. The molecular weight excluding hydrogens is 479 g/mol. The maximum absolute atomic E-state index is 11.9. The van der Waals surface area contributed by atoms with Crippen LogP contribution in [0.15, 0.2) is 48.5 Å². The summed E-state index contributed by atoms with van der Waals surface area (Å²) in [4.78, 5) is 23.9. The molecule has 0 atom stereocenters. The predicted molar refractivity (Wildman–Crippen MR) is 128 cm³/mol. The van der Waals surface area contributed by atoms with E-state index in [1.165, 1.54) is 24.3 Å². The molecule has 0 heterocycles. The first-order valence-corrected chi connectivity index (χ1v) is 11.2. The summed E-state index contributed by atoms with van der Waals surface area (Å²) in [5.41, 5.74) is 0.890. The Morgan fingerprint density at radius 3 is 1.38 bits per heavy atom. The molecular formula is C26H18Cl2O6-2. The molecule has 0 aliphatic heterocycles. The number of benzene rings is 4. The third kappa shape index (κ3) is 4.11. The van der Waals surface area contributed by atoms with Gasteiger partial charge < -0.3 is 29.3 Å². The fourth-order valence-corrected chi connectivity index (χ4v) is 4.48. The van der Waals surface area contributed by atoms with Gasteiger partial charge in [0.2, 0.25) is 0 Å². The largest absolute Gasteiger partial charge is 0.545 e. The summed E-state index contributed by atoms with van der Waals surface area (Å²) in [7, 11) is 0. The van der Waals surface area contributed by atoms with Crippen LogP contribution >= 0.6 is 23.2 Å². The van der Waals surface area contributed by atoms with Crippen LogP contribution in [-0.4, -0.2) is 25.2 Å². The number of carbonyl (C=O) groups excluding carboxylic acids is 2. The molecule has 6 nitrogen and oxygen atoms in total. The first-order chi connectivity index (χ1) is 16.3. The monoisotopic (exact) mass is 496 g/mol. The number of hydrogen-bond donors (Lipinski definition) is 0. The number of ether oxygens (including phenoxy) is 2. The number of aromatic carboxylic acids is 2. The van der Waals surface area contributed by atoms with E-state index in [-0.39, 0.29) is 35.8 Å². The van der Waals surface area contributed by atoms with E-state index in [1.54, 1.807) is 38.1 Å². The number of halogens is 2. The van der Waals surface area contributed by atoms with Crippen molar-refractivity contribution >= 4 is 56.7 Å². The van der Waals surface area contributed by atoms with Gasteiger partial charge in [-0.1, -0.05) is 35.3 Å². The normalized spacial score (nSPS) is 11.1. The fraction of sp³-hybridized carbons (Fsp3) is 0.154. The number of fused-ring (bicyclic) bond motifs is 2. The Morgan fingerprint density at radius 1 is 0.676 bits per heavy atom. The Morgan fingerprint density at radius 2 is 1.06 bits per heavy atom. The van der Waals surface area contributed by atoms with Gasteiger partial charge in [-0.15, -0.1) is 0 Å². The summed E-state index contributed by atoms with van der Waals surface area (Å²) < 4.78 is 11.7. The zero-order valence-corrected chi connectivity index (χ0v) is 19.8. The average molecular weight is 497 g/mol. The van der Waals surface area contributed by atoms with Gasteiger partial charge in [0.1, 0.15) is 11.5 Å². The zero-order valence-electron chi connectivity index (χ0n) is 18.2. The number of rotatable bonds is 7. The molecule has 8 heteroatoms. The number of hydrogen-bond acceptors (Lipinski definition) is 6. The van der Waals surface area contributed by atoms with Gasteiger partial charge in [-0.05, 0) is 71.8 Å². The summed E-state index contributed by atoms with van der Waals surface area (Å²) in [6, 6.07) is 12.5. The topological polar surface area (TPSA) is 98.7 Å². The molecule has 0 amide bonds. The molecule has 0 spiro atoms. The Labute approximate surface area is 205 Å². The van der Waals surface area contributed by atoms with Crippen molar-refractivity contribution in [3.63, 3.8) is 0 Å². The maximum atomic E-state index is 11.9. The highest BCUT2D eigenvalue weighted by Crippen LogP contribution is 2.48. The third-order valence-corrected chi connectivity index (χ3v) is 5.89. The Kier molecular flexibility index (Phi) is 6.55. The van der Waals surface area contributed by atoms with Crippen LogP contribution in [0.5, 0.6) is 11.5 Å². The van der Waals surface area contributed by atoms with Crippen molar-refractivity contribution in [3.05, 3.63) is 69.7 Å². The second-order valence-electron chi connectivity index (χ2n) is 7.42. The van der Waals surface area contributed by atoms with Crippen LogP contribution in [0.1, 0.15) is 34.6 Å².